The predicted molar refractivity (Wildman–Crippen MR) is 71.1 cm³/mol. The number of aliphatic hydroxyl groups is 1. The Labute approximate surface area is 103 Å². The second kappa shape index (κ2) is 5.38. The van der Waals surface area contributed by atoms with E-state index in [0.717, 1.165) is 38.3 Å². The van der Waals surface area contributed by atoms with Crippen molar-refractivity contribution in [3.05, 3.63) is 23.8 Å². The van der Waals surface area contributed by atoms with Gasteiger partial charge in [-0.3, -0.25) is 0 Å². The summed E-state index contributed by atoms with van der Waals surface area (Å²) >= 11 is 0. The number of rotatable bonds is 3. The largest absolute Gasteiger partial charge is 0.398 e. The predicted octanol–water partition coefficient (Wildman–Crippen LogP) is 0.903. The van der Waals surface area contributed by atoms with Gasteiger partial charge in [0, 0.05) is 43.1 Å². The summed E-state index contributed by atoms with van der Waals surface area (Å²) < 4.78 is 0. The Morgan fingerprint density at radius 2 is 1.94 bits per heavy atom. The monoisotopic (exact) mass is 235 g/mol. The van der Waals surface area contributed by atoms with E-state index in [4.69, 9.17) is 5.73 Å². The minimum Gasteiger partial charge on any atom is -0.398 e. The second-order valence-electron chi connectivity index (χ2n) is 4.46. The Morgan fingerprint density at radius 1 is 1.24 bits per heavy atom. The molecule has 0 bridgehead atoms. The molecule has 1 aromatic rings. The smallest absolute Gasteiger partial charge is 0.0702 e. The van der Waals surface area contributed by atoms with Crippen LogP contribution in [0.3, 0.4) is 0 Å². The van der Waals surface area contributed by atoms with Crippen LogP contribution in [0.5, 0.6) is 0 Å². The molecule has 17 heavy (non-hydrogen) atoms. The highest BCUT2D eigenvalue weighted by molar-refractivity contribution is 5.58. The minimum atomic E-state index is 0.00853. The maximum atomic E-state index is 9.21. The second-order valence-corrected chi connectivity index (χ2v) is 4.46. The maximum absolute atomic E-state index is 9.21. The molecule has 1 aliphatic rings. The number of anilines is 2. The van der Waals surface area contributed by atoms with Crippen LogP contribution in [0.25, 0.3) is 0 Å². The van der Waals surface area contributed by atoms with Gasteiger partial charge in [-0.2, -0.15) is 0 Å². The van der Waals surface area contributed by atoms with Crippen molar-refractivity contribution < 1.29 is 5.11 Å². The summed E-state index contributed by atoms with van der Waals surface area (Å²) in [6.45, 7) is 7.63. The molecule has 0 radical (unpaired) electrons. The molecule has 0 aromatic heterocycles. The highest BCUT2D eigenvalue weighted by Gasteiger charge is 2.16. The molecule has 1 aromatic carbocycles. The first-order valence-electron chi connectivity index (χ1n) is 6.21. The van der Waals surface area contributed by atoms with E-state index in [-0.39, 0.29) is 6.61 Å². The van der Waals surface area contributed by atoms with Gasteiger partial charge in [-0.15, -0.1) is 0 Å². The Bertz CT molecular complexity index is 373. The number of hydrogen-bond acceptors (Lipinski definition) is 4. The van der Waals surface area contributed by atoms with E-state index in [0.29, 0.717) is 5.69 Å². The number of likely N-dealkylation sites (N-methyl/N-ethyl adjacent to an activating group) is 1. The molecular formula is C13H21N3O. The average Bonchev–Trinajstić information content (AvgIpc) is 2.39. The van der Waals surface area contributed by atoms with E-state index >= 15 is 0 Å². The van der Waals surface area contributed by atoms with Crippen LogP contribution in [0, 0.1) is 0 Å². The fraction of sp³-hybridized carbons (Fsp3) is 0.538. The summed E-state index contributed by atoms with van der Waals surface area (Å²) in [5.41, 5.74) is 8.44. The van der Waals surface area contributed by atoms with Gasteiger partial charge < -0.3 is 20.6 Å². The molecule has 0 aliphatic carbocycles. The SMILES string of the molecule is CCN1CCN(c2ccc(N)c(CO)c2)CC1. The molecule has 2 rings (SSSR count). The summed E-state index contributed by atoms with van der Waals surface area (Å²) in [4.78, 5) is 4.80. The first-order valence-corrected chi connectivity index (χ1v) is 6.21. The van der Waals surface area contributed by atoms with Crippen LogP contribution in [0.1, 0.15) is 12.5 Å². The van der Waals surface area contributed by atoms with E-state index in [1.165, 1.54) is 5.69 Å². The van der Waals surface area contributed by atoms with Crippen molar-refractivity contribution in [2.45, 2.75) is 13.5 Å². The lowest BCUT2D eigenvalue weighted by atomic mass is 10.1. The molecule has 1 fully saturated rings. The number of nitrogens with two attached hydrogens (primary N) is 1. The number of aliphatic hydroxyl groups excluding tert-OH is 1. The Kier molecular flexibility index (Phi) is 3.86. The molecule has 3 N–H and O–H groups in total. The van der Waals surface area contributed by atoms with Gasteiger partial charge in [0.15, 0.2) is 0 Å². The van der Waals surface area contributed by atoms with Gasteiger partial charge in [-0.1, -0.05) is 6.92 Å². The van der Waals surface area contributed by atoms with Crippen molar-refractivity contribution in [1.82, 2.24) is 4.90 Å². The lowest BCUT2D eigenvalue weighted by Crippen LogP contribution is -2.46. The third-order valence-corrected chi connectivity index (χ3v) is 3.48. The van der Waals surface area contributed by atoms with Gasteiger partial charge in [0.05, 0.1) is 6.61 Å². The number of hydrogen-bond donors (Lipinski definition) is 2. The summed E-state index contributed by atoms with van der Waals surface area (Å²) in [5, 5.41) is 9.21. The third-order valence-electron chi connectivity index (χ3n) is 3.48. The molecule has 0 spiro atoms. The zero-order valence-corrected chi connectivity index (χ0v) is 10.4. The number of nitrogen functional groups attached to an aromatic ring is 1. The van der Waals surface area contributed by atoms with Gasteiger partial charge in [0.1, 0.15) is 0 Å². The summed E-state index contributed by atoms with van der Waals surface area (Å²) in [5.74, 6) is 0. The van der Waals surface area contributed by atoms with E-state index < -0.39 is 0 Å². The van der Waals surface area contributed by atoms with Crippen LogP contribution in [0.15, 0.2) is 18.2 Å². The molecule has 94 valence electrons. The van der Waals surface area contributed by atoms with Crippen LogP contribution in [-0.2, 0) is 6.61 Å². The fourth-order valence-electron chi connectivity index (χ4n) is 2.25. The molecule has 4 heteroatoms. The van der Waals surface area contributed by atoms with Crippen LogP contribution in [0.2, 0.25) is 0 Å². The normalized spacial score (nSPS) is 17.4. The molecular weight excluding hydrogens is 214 g/mol. The van der Waals surface area contributed by atoms with Crippen molar-refractivity contribution >= 4 is 11.4 Å². The standard InChI is InChI=1S/C13H21N3O/c1-2-15-5-7-16(8-6-15)12-3-4-13(14)11(9-12)10-17/h3-4,9,17H,2,5-8,10,14H2,1H3. The van der Waals surface area contributed by atoms with Gasteiger partial charge in [-0.25, -0.2) is 0 Å². The number of piperazine rings is 1. The first kappa shape index (κ1) is 12.2. The zero-order valence-electron chi connectivity index (χ0n) is 10.4. The molecule has 1 saturated heterocycles. The van der Waals surface area contributed by atoms with Gasteiger partial charge >= 0.3 is 0 Å². The van der Waals surface area contributed by atoms with E-state index in [1.807, 2.05) is 18.2 Å². The molecule has 4 nitrogen and oxygen atoms in total. The minimum absolute atomic E-state index is 0.00853. The Morgan fingerprint density at radius 3 is 2.53 bits per heavy atom. The average molecular weight is 235 g/mol. The van der Waals surface area contributed by atoms with Crippen LogP contribution < -0.4 is 10.6 Å². The Hall–Kier alpha value is -1.26. The topological polar surface area (TPSA) is 52.7 Å². The highest BCUT2D eigenvalue weighted by atomic mass is 16.3. The van der Waals surface area contributed by atoms with Crippen LogP contribution in [-0.4, -0.2) is 42.7 Å². The zero-order chi connectivity index (χ0) is 12.3. The van der Waals surface area contributed by atoms with Crippen molar-refractivity contribution in [2.24, 2.45) is 0 Å². The molecule has 0 atom stereocenters. The lowest BCUT2D eigenvalue weighted by Gasteiger charge is -2.35. The molecule has 0 amide bonds. The quantitative estimate of drug-likeness (QED) is 0.764. The van der Waals surface area contributed by atoms with Crippen molar-refractivity contribution in [1.29, 1.82) is 0 Å². The van der Waals surface area contributed by atoms with Crippen molar-refractivity contribution in [3.8, 4) is 0 Å². The van der Waals surface area contributed by atoms with Crippen molar-refractivity contribution in [2.75, 3.05) is 43.4 Å². The summed E-state index contributed by atoms with van der Waals surface area (Å²) in [6, 6.07) is 5.92. The van der Waals surface area contributed by atoms with E-state index in [2.05, 4.69) is 16.7 Å². The molecule has 1 aliphatic heterocycles. The van der Waals surface area contributed by atoms with Crippen LogP contribution in [0.4, 0.5) is 11.4 Å². The molecule has 1 heterocycles. The van der Waals surface area contributed by atoms with Gasteiger partial charge in [0.25, 0.3) is 0 Å². The van der Waals surface area contributed by atoms with Gasteiger partial charge in [0.2, 0.25) is 0 Å². The first-order chi connectivity index (χ1) is 8.24. The Balaban J connectivity index is 2.08. The molecule has 0 saturated carbocycles. The molecule has 0 unspecified atom stereocenters. The van der Waals surface area contributed by atoms with Crippen LogP contribution >= 0.6 is 0 Å². The third kappa shape index (κ3) is 2.70. The van der Waals surface area contributed by atoms with Gasteiger partial charge in [-0.05, 0) is 24.7 Å². The lowest BCUT2D eigenvalue weighted by molar-refractivity contribution is 0.270. The summed E-state index contributed by atoms with van der Waals surface area (Å²) in [7, 11) is 0. The number of nitrogens with zero attached hydrogens (tertiary/aromatic N) is 2. The number of benzene rings is 1. The van der Waals surface area contributed by atoms with E-state index in [1.54, 1.807) is 0 Å². The maximum Gasteiger partial charge on any atom is 0.0702 e. The highest BCUT2D eigenvalue weighted by Crippen LogP contribution is 2.22. The fourth-order valence-corrected chi connectivity index (χ4v) is 2.25. The summed E-state index contributed by atoms with van der Waals surface area (Å²) in [6.07, 6.45) is 0. The van der Waals surface area contributed by atoms with Crippen molar-refractivity contribution in [3.63, 3.8) is 0 Å². The van der Waals surface area contributed by atoms with E-state index in [9.17, 15) is 5.11 Å².